The van der Waals surface area contributed by atoms with Gasteiger partial charge >= 0.3 is 0 Å². The second-order valence-corrected chi connectivity index (χ2v) is 37.3. The van der Waals surface area contributed by atoms with Crippen LogP contribution in [0.15, 0.2) is 423 Å². The lowest BCUT2D eigenvalue weighted by Crippen LogP contribution is -2.65. The molecule has 0 N–H and O–H groups in total. The van der Waals surface area contributed by atoms with Crippen LogP contribution in [0.5, 0.6) is 23.0 Å². The summed E-state index contributed by atoms with van der Waals surface area (Å²) < 4.78 is 26.3. The number of benzene rings is 19. The monoisotopic (exact) mass is 1660 g/mol. The number of rotatable bonds is 12. The molecule has 21 aromatic rings. The molecule has 2 aromatic heterocycles. The van der Waals surface area contributed by atoms with Crippen molar-refractivity contribution in [2.45, 2.75) is 52.4 Å². The SMILES string of the molecule is CC(C)(C)c1cc(-c2ccccc2)c(N2c3cc(-c4ccc(-n5c6ccccc6c6ccccc65)cc4)ccc3B3c4c2cc(-c2ccccc2)cc4N(c2c(-c4ccccc4)cc(C(C)(C)C)cc2-c2ccccc2)c2cc4c5c(c23)Oc2ccc(-c3ccccc3)cc2B5c2cc(-c3ccccc3)cc(-c3cccc5c3oc3ccccc35)c2O4)c(-c2ccccc2)c1. The van der Waals surface area contributed by atoms with Crippen LogP contribution in [-0.2, 0) is 10.8 Å². The third-order valence-electron chi connectivity index (χ3n) is 27.6. The van der Waals surface area contributed by atoms with E-state index in [2.05, 4.69) is 474 Å². The van der Waals surface area contributed by atoms with Crippen molar-refractivity contribution in [2.24, 2.45) is 0 Å². The largest absolute Gasteiger partial charge is 0.459 e. The number of hydrogen-bond donors (Lipinski definition) is 0. The van der Waals surface area contributed by atoms with Crippen molar-refractivity contribution in [1.82, 2.24) is 4.57 Å². The maximum absolute atomic E-state index is 8.41. The molecule has 19 aromatic carbocycles. The Morgan fingerprint density at radius 1 is 0.238 bits per heavy atom. The van der Waals surface area contributed by atoms with Gasteiger partial charge in [-0.25, -0.2) is 0 Å². The van der Waals surface area contributed by atoms with E-state index in [0.717, 1.165) is 212 Å². The molecule has 0 atom stereocenters. The van der Waals surface area contributed by atoms with Gasteiger partial charge in [-0.3, -0.25) is 0 Å². The van der Waals surface area contributed by atoms with Crippen molar-refractivity contribution in [1.29, 1.82) is 0 Å². The molecule has 130 heavy (non-hydrogen) atoms. The third-order valence-corrected chi connectivity index (χ3v) is 27.6. The quantitative estimate of drug-likeness (QED) is 0.114. The highest BCUT2D eigenvalue weighted by Crippen LogP contribution is 2.58. The Bertz CT molecular complexity index is 7990. The van der Waals surface area contributed by atoms with Gasteiger partial charge in [0.15, 0.2) is 0 Å². The highest BCUT2D eigenvalue weighted by atomic mass is 16.5. The van der Waals surface area contributed by atoms with E-state index in [-0.39, 0.29) is 10.8 Å². The zero-order valence-electron chi connectivity index (χ0n) is 73.1. The van der Waals surface area contributed by atoms with Crippen LogP contribution in [0.3, 0.4) is 0 Å². The molecule has 0 unspecified atom stereocenters. The van der Waals surface area contributed by atoms with Gasteiger partial charge in [0.25, 0.3) is 13.4 Å². The number of aromatic nitrogens is 1. The summed E-state index contributed by atoms with van der Waals surface area (Å²) in [5.74, 6) is 2.99. The molecule has 8 heteroatoms. The zero-order chi connectivity index (χ0) is 86.8. The smallest absolute Gasteiger partial charge is 0.260 e. The third kappa shape index (κ3) is 12.3. The molecule has 6 nitrogen and oxygen atoms in total. The van der Waals surface area contributed by atoms with E-state index in [4.69, 9.17) is 13.9 Å². The van der Waals surface area contributed by atoms with Gasteiger partial charge in [-0.15, -0.1) is 0 Å². The maximum atomic E-state index is 8.41. The predicted molar refractivity (Wildman–Crippen MR) is 546 cm³/mol. The topological polar surface area (TPSA) is 43.0 Å². The number of hydrogen-bond acceptors (Lipinski definition) is 5. The minimum Gasteiger partial charge on any atom is -0.459 e. The number of nitrogens with zero attached hydrogens (tertiary/aromatic N) is 3. The first-order valence-corrected chi connectivity index (χ1v) is 45.3. The number of fused-ring (bicyclic) bond motifs is 15. The van der Waals surface area contributed by atoms with Crippen LogP contribution >= 0.6 is 0 Å². The first kappa shape index (κ1) is 76.5. The van der Waals surface area contributed by atoms with Gasteiger partial charge < -0.3 is 28.3 Å². The van der Waals surface area contributed by atoms with Gasteiger partial charge in [0.05, 0.1) is 22.4 Å². The van der Waals surface area contributed by atoms with Crippen LogP contribution in [0.1, 0.15) is 52.7 Å². The van der Waals surface area contributed by atoms with Crippen LogP contribution in [0.2, 0.25) is 0 Å². The number of ether oxygens (including phenoxy) is 2. The Morgan fingerprint density at radius 3 is 1.16 bits per heavy atom. The van der Waals surface area contributed by atoms with Gasteiger partial charge in [0.1, 0.15) is 34.2 Å². The molecule has 0 amide bonds. The van der Waals surface area contributed by atoms with E-state index in [0.29, 0.717) is 5.75 Å². The molecule has 4 aliphatic heterocycles. The summed E-state index contributed by atoms with van der Waals surface area (Å²) >= 11 is 0. The Balaban J connectivity index is 0.848. The second kappa shape index (κ2) is 29.9. The molecule has 25 rings (SSSR count). The molecule has 0 spiro atoms. The molecule has 0 aliphatic carbocycles. The van der Waals surface area contributed by atoms with Crippen molar-refractivity contribution in [3.63, 3.8) is 0 Å². The molecule has 0 saturated heterocycles. The summed E-state index contributed by atoms with van der Waals surface area (Å²) in [5.41, 5.74) is 38.6. The average Bonchev–Trinajstić information content (AvgIpc) is 0.753. The molecule has 0 fully saturated rings. The van der Waals surface area contributed by atoms with Crippen LogP contribution in [-0.4, -0.2) is 18.0 Å². The Labute approximate surface area is 758 Å². The lowest BCUT2D eigenvalue weighted by Gasteiger charge is -2.47. The van der Waals surface area contributed by atoms with Gasteiger partial charge in [-0.2, -0.15) is 0 Å². The lowest BCUT2D eigenvalue weighted by molar-refractivity contribution is 0.468. The second-order valence-electron chi connectivity index (χ2n) is 37.3. The van der Waals surface area contributed by atoms with E-state index in [1.54, 1.807) is 0 Å². The molecule has 4 aliphatic rings. The summed E-state index contributed by atoms with van der Waals surface area (Å²) in [6.45, 7) is 13.1. The van der Waals surface area contributed by atoms with Gasteiger partial charge in [-0.05, 0) is 201 Å². The molecule has 6 heterocycles. The minimum atomic E-state index is -0.521. The molecule has 614 valence electrons. The van der Waals surface area contributed by atoms with Crippen molar-refractivity contribution in [2.75, 3.05) is 9.80 Å². The van der Waals surface area contributed by atoms with Crippen LogP contribution in [0, 0.1) is 0 Å². The first-order chi connectivity index (χ1) is 63.8. The van der Waals surface area contributed by atoms with E-state index in [9.17, 15) is 0 Å². The highest BCUT2D eigenvalue weighted by molar-refractivity contribution is 7.03. The Morgan fingerprint density at radius 2 is 0.638 bits per heavy atom. The van der Waals surface area contributed by atoms with Crippen molar-refractivity contribution >= 4 is 124 Å². The molecular weight excluding hydrogens is 1580 g/mol. The van der Waals surface area contributed by atoms with Gasteiger partial charge in [0.2, 0.25) is 0 Å². The first-order valence-electron chi connectivity index (χ1n) is 45.3. The number of furan rings is 1. The summed E-state index contributed by atoms with van der Waals surface area (Å²) in [4.78, 5) is 5.37. The summed E-state index contributed by atoms with van der Waals surface area (Å²) in [6, 6.07) is 156. The summed E-state index contributed by atoms with van der Waals surface area (Å²) in [6.07, 6.45) is 0. The molecule has 0 saturated carbocycles. The lowest BCUT2D eigenvalue weighted by atomic mass is 9.30. The fraction of sp³-hybridized carbons (Fsp3) is 0.0656. The van der Waals surface area contributed by atoms with E-state index in [1.807, 2.05) is 0 Å². The van der Waals surface area contributed by atoms with Crippen LogP contribution in [0.25, 0.3) is 150 Å². The Kier molecular flexibility index (Phi) is 17.6. The zero-order valence-corrected chi connectivity index (χ0v) is 73.1. The van der Waals surface area contributed by atoms with Crippen LogP contribution in [0.4, 0.5) is 34.1 Å². The minimum absolute atomic E-state index is 0.265. The number of anilines is 6. The normalized spacial score (nSPS) is 12.9. The van der Waals surface area contributed by atoms with Gasteiger partial charge in [0, 0.05) is 94.9 Å². The highest BCUT2D eigenvalue weighted by Gasteiger charge is 2.52. The van der Waals surface area contributed by atoms with E-state index >= 15 is 0 Å². The molecular formula is C122H87B2N3O3. The summed E-state index contributed by atoms with van der Waals surface area (Å²) in [5, 5.41) is 4.55. The van der Waals surface area contributed by atoms with Gasteiger partial charge in [-0.1, -0.05) is 369 Å². The fourth-order valence-corrected chi connectivity index (χ4v) is 21.3. The molecule has 0 bridgehead atoms. The summed E-state index contributed by atoms with van der Waals surface area (Å²) in [7, 11) is 0. The average molecular weight is 1660 g/mol. The standard InChI is InChI=1S/C122H87B2N3O3/c1-121(2,3)88-71-96(80-41-20-10-21-42-80)116(97(72-88)81-43-22-11-23-44-81)126-106-68-85(79-57-61-90(62-58-79)125-104-54-31-28-49-91(104)92-50-29-32-55-105(92)125)59-63-101(106)124-113-107(126)69-87(78-39-18-9-19-40-78)70-108(113)127(117-98(82-45-24-12-25-46-82)73-89(122(4,5)6)74-99(117)83-47-26-13-27-48-83)109-75-112-115-120(114(109)124)129-111-64-60-84(76-35-14-7-15-36-76)66-102(111)123(115)103-67-86(77-37-16-8-17-38-77)65-100(119(103)130-112)95-53-34-52-94-93-51-30-33-56-110(93)128-118(94)95/h7-75H,1-6H3. The Hall–Kier alpha value is -15.9. The fourth-order valence-electron chi connectivity index (χ4n) is 21.3. The van der Waals surface area contributed by atoms with E-state index < -0.39 is 13.4 Å². The predicted octanol–water partition coefficient (Wildman–Crippen LogP) is 29.1. The van der Waals surface area contributed by atoms with Crippen molar-refractivity contribution < 1.29 is 13.9 Å². The maximum Gasteiger partial charge on any atom is 0.260 e. The van der Waals surface area contributed by atoms with E-state index in [1.165, 1.54) is 32.9 Å². The van der Waals surface area contributed by atoms with Crippen LogP contribution < -0.4 is 52.1 Å². The van der Waals surface area contributed by atoms with Crippen molar-refractivity contribution in [3.8, 4) is 129 Å². The number of para-hydroxylation sites is 4. The van der Waals surface area contributed by atoms with Crippen molar-refractivity contribution in [3.05, 3.63) is 430 Å². The molecule has 0 radical (unpaired) electrons.